The van der Waals surface area contributed by atoms with Crippen LogP contribution < -0.4 is 0 Å². The van der Waals surface area contributed by atoms with E-state index >= 15 is 0 Å². The molecular formula is C17H18N4O2S2. The van der Waals surface area contributed by atoms with E-state index in [-0.39, 0.29) is 17.3 Å². The van der Waals surface area contributed by atoms with Gasteiger partial charge in [0.15, 0.2) is 11.6 Å². The van der Waals surface area contributed by atoms with Crippen molar-refractivity contribution in [2.24, 2.45) is 0 Å². The van der Waals surface area contributed by atoms with Gasteiger partial charge in [0.05, 0.1) is 11.4 Å². The van der Waals surface area contributed by atoms with Gasteiger partial charge in [0.2, 0.25) is 5.16 Å². The second-order valence-corrected chi connectivity index (χ2v) is 7.69. The third-order valence-electron chi connectivity index (χ3n) is 3.83. The molecule has 25 heavy (non-hydrogen) atoms. The minimum atomic E-state index is -0.0669. The zero-order valence-electron chi connectivity index (χ0n) is 14.2. The number of H-pyrrole nitrogens is 2. The lowest BCUT2D eigenvalue weighted by molar-refractivity contribution is 0.101. The lowest BCUT2D eigenvalue weighted by atomic mass is 10.1. The van der Waals surface area contributed by atoms with Gasteiger partial charge in [-0.1, -0.05) is 17.8 Å². The molecule has 3 rings (SSSR count). The van der Waals surface area contributed by atoms with Crippen molar-refractivity contribution < 1.29 is 9.59 Å². The number of nitrogens with zero attached hydrogens (tertiary/aromatic N) is 2. The van der Waals surface area contributed by atoms with Crippen molar-refractivity contribution >= 4 is 34.7 Å². The molecule has 130 valence electrons. The van der Waals surface area contributed by atoms with Gasteiger partial charge in [-0.2, -0.15) is 0 Å². The van der Waals surface area contributed by atoms with Crippen LogP contribution in [0.4, 0.5) is 0 Å². The Balaban J connectivity index is 1.64. The van der Waals surface area contributed by atoms with Gasteiger partial charge >= 0.3 is 0 Å². The first kappa shape index (κ1) is 17.6. The fraction of sp³-hybridized carbons (Fsp3) is 0.294. The van der Waals surface area contributed by atoms with Crippen molar-refractivity contribution in [1.29, 1.82) is 0 Å². The molecule has 6 nitrogen and oxygen atoms in total. The van der Waals surface area contributed by atoms with Crippen LogP contribution in [0.15, 0.2) is 22.7 Å². The van der Waals surface area contributed by atoms with Crippen LogP contribution in [0.1, 0.15) is 49.7 Å². The van der Waals surface area contributed by atoms with Crippen molar-refractivity contribution in [2.75, 3.05) is 5.75 Å². The molecule has 0 spiro atoms. The fourth-order valence-corrected chi connectivity index (χ4v) is 4.16. The minimum Gasteiger partial charge on any atom is -0.355 e. The quantitative estimate of drug-likeness (QED) is 0.487. The van der Waals surface area contributed by atoms with Gasteiger partial charge < -0.3 is 4.98 Å². The molecule has 0 aromatic carbocycles. The number of thioether (sulfide) groups is 1. The Morgan fingerprint density at radius 1 is 1.32 bits per heavy atom. The van der Waals surface area contributed by atoms with Crippen LogP contribution >= 0.6 is 23.1 Å². The smallest absolute Gasteiger partial charge is 0.208 e. The molecule has 2 N–H and O–H groups in total. The molecule has 3 aromatic heterocycles. The van der Waals surface area contributed by atoms with Crippen LogP contribution in [-0.2, 0) is 6.42 Å². The fourth-order valence-electron chi connectivity index (χ4n) is 2.76. The highest BCUT2D eigenvalue weighted by molar-refractivity contribution is 7.99. The Labute approximate surface area is 153 Å². The number of ketones is 2. The average Bonchev–Trinajstić information content (AvgIpc) is 3.27. The molecule has 3 aromatic rings. The number of aryl methyl sites for hydroxylation is 1. The van der Waals surface area contributed by atoms with Crippen LogP contribution in [-0.4, -0.2) is 37.5 Å². The molecule has 0 amide bonds. The van der Waals surface area contributed by atoms with E-state index in [1.54, 1.807) is 25.2 Å². The number of hydrogen-bond acceptors (Lipinski definition) is 6. The number of carbonyl (C=O) groups excluding carboxylic acids is 2. The maximum atomic E-state index is 12.5. The number of rotatable bonds is 7. The molecule has 3 heterocycles. The lowest BCUT2D eigenvalue weighted by Crippen LogP contribution is -2.05. The van der Waals surface area contributed by atoms with Crippen LogP contribution in [0, 0.1) is 13.8 Å². The third kappa shape index (κ3) is 3.91. The number of aromatic nitrogens is 4. The molecule has 0 fully saturated rings. The number of Topliss-reactive ketones (excluding diaryl/α,β-unsaturated/α-hetero) is 2. The largest absolute Gasteiger partial charge is 0.355 e. The summed E-state index contributed by atoms with van der Waals surface area (Å²) in [5.41, 5.74) is 2.53. The van der Waals surface area contributed by atoms with Crippen LogP contribution in [0.5, 0.6) is 0 Å². The van der Waals surface area contributed by atoms with Gasteiger partial charge in [0.1, 0.15) is 5.82 Å². The summed E-state index contributed by atoms with van der Waals surface area (Å²) in [5, 5.41) is 9.63. The van der Waals surface area contributed by atoms with Gasteiger partial charge in [-0.05, 0) is 37.8 Å². The van der Waals surface area contributed by atoms with E-state index in [4.69, 9.17) is 0 Å². The first-order chi connectivity index (χ1) is 12.0. The summed E-state index contributed by atoms with van der Waals surface area (Å²) in [6.45, 7) is 5.11. The predicted molar refractivity (Wildman–Crippen MR) is 98.8 cm³/mol. The maximum absolute atomic E-state index is 12.5. The summed E-state index contributed by atoms with van der Waals surface area (Å²) in [4.78, 5) is 32.8. The molecule has 0 unspecified atom stereocenters. The van der Waals surface area contributed by atoms with E-state index in [1.807, 2.05) is 17.5 Å². The SMILES string of the molecule is CC(=O)c1c(C)[nH]c(C(=O)CSc2n[nH]c(Cc3cccs3)n2)c1C. The summed E-state index contributed by atoms with van der Waals surface area (Å²) in [7, 11) is 0. The molecule has 0 atom stereocenters. The molecule has 0 aliphatic rings. The van der Waals surface area contributed by atoms with E-state index < -0.39 is 0 Å². The summed E-state index contributed by atoms with van der Waals surface area (Å²) in [5.74, 6) is 0.894. The molecule has 0 aliphatic carbocycles. The summed E-state index contributed by atoms with van der Waals surface area (Å²) < 4.78 is 0. The first-order valence-corrected chi connectivity index (χ1v) is 9.62. The normalized spacial score (nSPS) is 11.0. The summed E-state index contributed by atoms with van der Waals surface area (Å²) >= 11 is 2.95. The van der Waals surface area contributed by atoms with E-state index in [1.165, 1.54) is 23.6 Å². The van der Waals surface area contributed by atoms with Gasteiger partial charge in [-0.3, -0.25) is 14.7 Å². The number of thiophene rings is 1. The molecule has 0 saturated carbocycles. The predicted octanol–water partition coefficient (Wildman–Crippen LogP) is 3.58. The van der Waals surface area contributed by atoms with Crippen molar-refractivity contribution in [3.8, 4) is 0 Å². The standard InChI is InChI=1S/C17H18N4O2S2/c1-9-15(11(3)22)10(2)18-16(9)13(23)8-25-17-19-14(20-21-17)7-12-5-4-6-24-12/h4-6,18H,7-8H2,1-3H3,(H,19,20,21). The highest BCUT2D eigenvalue weighted by Gasteiger charge is 2.20. The molecule has 0 radical (unpaired) electrons. The summed E-state index contributed by atoms with van der Waals surface area (Å²) in [6, 6.07) is 4.05. The van der Waals surface area contributed by atoms with E-state index in [0.717, 1.165) is 11.5 Å². The Kier molecular flexibility index (Phi) is 5.19. The van der Waals surface area contributed by atoms with Crippen molar-refractivity contribution in [1.82, 2.24) is 20.2 Å². The van der Waals surface area contributed by atoms with Crippen molar-refractivity contribution in [3.63, 3.8) is 0 Å². The second-order valence-electron chi connectivity index (χ2n) is 5.71. The lowest BCUT2D eigenvalue weighted by Gasteiger charge is -1.99. The van der Waals surface area contributed by atoms with Crippen LogP contribution in [0.25, 0.3) is 0 Å². The molecular weight excluding hydrogens is 356 g/mol. The zero-order chi connectivity index (χ0) is 18.0. The average molecular weight is 374 g/mol. The Morgan fingerprint density at radius 3 is 2.76 bits per heavy atom. The van der Waals surface area contributed by atoms with E-state index in [9.17, 15) is 9.59 Å². The number of nitrogens with one attached hydrogen (secondary N) is 2. The second kappa shape index (κ2) is 7.37. The number of carbonyl (C=O) groups is 2. The van der Waals surface area contributed by atoms with Gasteiger partial charge in [0.25, 0.3) is 0 Å². The Bertz CT molecular complexity index is 909. The van der Waals surface area contributed by atoms with Crippen LogP contribution in [0.2, 0.25) is 0 Å². The van der Waals surface area contributed by atoms with Gasteiger partial charge in [-0.25, -0.2) is 4.98 Å². The minimum absolute atomic E-state index is 0.0369. The number of hydrogen-bond donors (Lipinski definition) is 2. The monoisotopic (exact) mass is 374 g/mol. The summed E-state index contributed by atoms with van der Waals surface area (Å²) in [6.07, 6.45) is 0.704. The third-order valence-corrected chi connectivity index (χ3v) is 5.56. The topological polar surface area (TPSA) is 91.5 Å². The van der Waals surface area contributed by atoms with Crippen molar-refractivity contribution in [2.45, 2.75) is 32.3 Å². The number of aromatic amines is 2. The van der Waals surface area contributed by atoms with Gasteiger partial charge in [0, 0.05) is 22.6 Å². The molecule has 0 saturated heterocycles. The van der Waals surface area contributed by atoms with E-state index in [0.29, 0.717) is 28.4 Å². The van der Waals surface area contributed by atoms with Gasteiger partial charge in [-0.15, -0.1) is 16.4 Å². The van der Waals surface area contributed by atoms with Crippen molar-refractivity contribution in [3.05, 3.63) is 50.7 Å². The highest BCUT2D eigenvalue weighted by Crippen LogP contribution is 2.22. The Morgan fingerprint density at radius 2 is 2.12 bits per heavy atom. The zero-order valence-corrected chi connectivity index (χ0v) is 15.8. The first-order valence-electron chi connectivity index (χ1n) is 7.75. The molecule has 0 bridgehead atoms. The molecule has 8 heteroatoms. The van der Waals surface area contributed by atoms with Crippen LogP contribution in [0.3, 0.4) is 0 Å². The van der Waals surface area contributed by atoms with E-state index in [2.05, 4.69) is 20.2 Å². The highest BCUT2D eigenvalue weighted by atomic mass is 32.2. The maximum Gasteiger partial charge on any atom is 0.208 e. The Hall–Kier alpha value is -2.19. The molecule has 0 aliphatic heterocycles.